The SMILES string of the molecule is CCCN(Cc1cc(F)ccc1F)CC1CCCNC1. The van der Waals surface area contributed by atoms with Crippen molar-refractivity contribution in [1.29, 1.82) is 0 Å². The molecule has 1 aromatic carbocycles. The first-order valence-corrected chi connectivity index (χ1v) is 7.56. The van der Waals surface area contributed by atoms with Gasteiger partial charge in [0.2, 0.25) is 0 Å². The van der Waals surface area contributed by atoms with Crippen molar-refractivity contribution >= 4 is 0 Å². The average Bonchev–Trinajstić information content (AvgIpc) is 2.44. The molecule has 1 N–H and O–H groups in total. The zero-order valence-electron chi connectivity index (χ0n) is 12.2. The van der Waals surface area contributed by atoms with Gasteiger partial charge in [0, 0.05) is 18.7 Å². The maximum atomic E-state index is 13.7. The number of hydrogen-bond acceptors (Lipinski definition) is 2. The van der Waals surface area contributed by atoms with Gasteiger partial charge in [0.25, 0.3) is 0 Å². The van der Waals surface area contributed by atoms with E-state index in [1.54, 1.807) is 0 Å². The first kappa shape index (κ1) is 15.4. The minimum atomic E-state index is -0.364. The Kier molecular flexibility index (Phi) is 5.92. The molecule has 0 radical (unpaired) electrons. The number of rotatable bonds is 6. The molecule has 4 heteroatoms. The van der Waals surface area contributed by atoms with E-state index < -0.39 is 0 Å². The fraction of sp³-hybridized carbons (Fsp3) is 0.625. The smallest absolute Gasteiger partial charge is 0.127 e. The fourth-order valence-corrected chi connectivity index (χ4v) is 2.90. The van der Waals surface area contributed by atoms with Crippen molar-refractivity contribution in [2.45, 2.75) is 32.7 Å². The van der Waals surface area contributed by atoms with E-state index in [2.05, 4.69) is 17.1 Å². The molecule has 0 aliphatic carbocycles. The minimum Gasteiger partial charge on any atom is -0.316 e. The Morgan fingerprint density at radius 1 is 1.35 bits per heavy atom. The molecule has 20 heavy (non-hydrogen) atoms. The fourth-order valence-electron chi connectivity index (χ4n) is 2.90. The van der Waals surface area contributed by atoms with Crippen molar-refractivity contribution in [2.75, 3.05) is 26.2 Å². The molecule has 0 saturated carbocycles. The van der Waals surface area contributed by atoms with E-state index in [4.69, 9.17) is 0 Å². The van der Waals surface area contributed by atoms with Gasteiger partial charge in [-0.15, -0.1) is 0 Å². The summed E-state index contributed by atoms with van der Waals surface area (Å²) in [7, 11) is 0. The molecule has 2 rings (SSSR count). The van der Waals surface area contributed by atoms with E-state index in [-0.39, 0.29) is 11.6 Å². The Balaban J connectivity index is 1.98. The second kappa shape index (κ2) is 7.70. The highest BCUT2D eigenvalue weighted by Crippen LogP contribution is 2.16. The normalized spacial score (nSPS) is 19.5. The lowest BCUT2D eigenvalue weighted by Gasteiger charge is -2.30. The lowest BCUT2D eigenvalue weighted by atomic mass is 9.98. The van der Waals surface area contributed by atoms with Gasteiger partial charge in [-0.05, 0) is 63.0 Å². The van der Waals surface area contributed by atoms with E-state index in [1.807, 2.05) is 0 Å². The van der Waals surface area contributed by atoms with E-state index in [0.29, 0.717) is 18.0 Å². The molecular formula is C16H24F2N2. The molecule has 0 bridgehead atoms. The largest absolute Gasteiger partial charge is 0.316 e. The first-order valence-electron chi connectivity index (χ1n) is 7.56. The van der Waals surface area contributed by atoms with Crippen LogP contribution in [0.25, 0.3) is 0 Å². The van der Waals surface area contributed by atoms with Crippen LogP contribution in [-0.2, 0) is 6.54 Å². The van der Waals surface area contributed by atoms with Crippen LogP contribution >= 0.6 is 0 Å². The summed E-state index contributed by atoms with van der Waals surface area (Å²) in [6.45, 7) is 6.62. The summed E-state index contributed by atoms with van der Waals surface area (Å²) in [4.78, 5) is 2.25. The van der Waals surface area contributed by atoms with Gasteiger partial charge in [0.15, 0.2) is 0 Å². The third-order valence-corrected chi connectivity index (χ3v) is 3.86. The number of nitrogens with one attached hydrogen (secondary N) is 1. The summed E-state index contributed by atoms with van der Waals surface area (Å²) in [6, 6.07) is 3.71. The standard InChI is InChI=1S/C16H24F2N2/c1-2-8-20(11-13-4-3-7-19-10-13)12-14-9-15(17)5-6-16(14)18/h5-6,9,13,19H,2-4,7-8,10-12H2,1H3. The summed E-state index contributed by atoms with van der Waals surface area (Å²) in [6.07, 6.45) is 3.45. The van der Waals surface area contributed by atoms with Crippen LogP contribution in [0.5, 0.6) is 0 Å². The quantitative estimate of drug-likeness (QED) is 0.862. The van der Waals surface area contributed by atoms with Gasteiger partial charge in [-0.1, -0.05) is 6.92 Å². The number of hydrogen-bond donors (Lipinski definition) is 1. The lowest BCUT2D eigenvalue weighted by Crippen LogP contribution is -2.38. The van der Waals surface area contributed by atoms with Crippen LogP contribution < -0.4 is 5.32 Å². The molecule has 112 valence electrons. The van der Waals surface area contributed by atoms with Crippen LogP contribution in [0.3, 0.4) is 0 Å². The van der Waals surface area contributed by atoms with Gasteiger partial charge >= 0.3 is 0 Å². The Labute approximate surface area is 120 Å². The van der Waals surface area contributed by atoms with Crippen molar-refractivity contribution in [3.63, 3.8) is 0 Å². The molecule has 1 aliphatic rings. The van der Waals surface area contributed by atoms with Crippen molar-refractivity contribution in [3.05, 3.63) is 35.4 Å². The average molecular weight is 282 g/mol. The molecule has 0 spiro atoms. The number of piperidine rings is 1. The Morgan fingerprint density at radius 2 is 2.20 bits per heavy atom. The lowest BCUT2D eigenvalue weighted by molar-refractivity contribution is 0.199. The zero-order chi connectivity index (χ0) is 14.4. The molecule has 1 aliphatic heterocycles. The van der Waals surface area contributed by atoms with E-state index in [9.17, 15) is 8.78 Å². The van der Waals surface area contributed by atoms with Crippen LogP contribution in [0, 0.1) is 17.6 Å². The van der Waals surface area contributed by atoms with E-state index in [0.717, 1.165) is 32.6 Å². The molecular weight excluding hydrogens is 258 g/mol. The number of nitrogens with zero attached hydrogens (tertiary/aromatic N) is 1. The molecule has 1 fully saturated rings. The number of halogens is 2. The Morgan fingerprint density at radius 3 is 2.90 bits per heavy atom. The molecule has 2 nitrogen and oxygen atoms in total. The molecule has 0 aromatic heterocycles. The Bertz CT molecular complexity index is 417. The topological polar surface area (TPSA) is 15.3 Å². The van der Waals surface area contributed by atoms with Crippen molar-refractivity contribution in [1.82, 2.24) is 10.2 Å². The summed E-state index contributed by atoms with van der Waals surface area (Å²) in [5.41, 5.74) is 0.460. The zero-order valence-corrected chi connectivity index (χ0v) is 12.2. The molecule has 0 amide bonds. The van der Waals surface area contributed by atoms with Gasteiger partial charge in [0.1, 0.15) is 11.6 Å². The molecule has 1 saturated heterocycles. The van der Waals surface area contributed by atoms with Crippen LogP contribution in [-0.4, -0.2) is 31.1 Å². The predicted octanol–water partition coefficient (Wildman–Crippen LogP) is 3.18. The molecule has 1 atom stereocenters. The summed E-state index contributed by atoms with van der Waals surface area (Å²) < 4.78 is 27.0. The Hall–Kier alpha value is -1.00. The van der Waals surface area contributed by atoms with Gasteiger partial charge in [-0.3, -0.25) is 4.90 Å². The van der Waals surface area contributed by atoms with E-state index >= 15 is 0 Å². The first-order chi connectivity index (χ1) is 9.69. The van der Waals surface area contributed by atoms with Gasteiger partial charge in [0.05, 0.1) is 0 Å². The maximum Gasteiger partial charge on any atom is 0.127 e. The molecule has 1 aromatic rings. The maximum absolute atomic E-state index is 13.7. The van der Waals surface area contributed by atoms with Gasteiger partial charge in [-0.2, -0.15) is 0 Å². The minimum absolute atomic E-state index is 0.311. The summed E-state index contributed by atoms with van der Waals surface area (Å²) >= 11 is 0. The van der Waals surface area contributed by atoms with Crippen LogP contribution in [0.4, 0.5) is 8.78 Å². The van der Waals surface area contributed by atoms with Gasteiger partial charge < -0.3 is 5.32 Å². The second-order valence-electron chi connectivity index (χ2n) is 5.68. The second-order valence-corrected chi connectivity index (χ2v) is 5.68. The van der Waals surface area contributed by atoms with E-state index in [1.165, 1.54) is 31.0 Å². The van der Waals surface area contributed by atoms with Crippen LogP contribution in [0.1, 0.15) is 31.7 Å². The van der Waals surface area contributed by atoms with Crippen LogP contribution in [0.15, 0.2) is 18.2 Å². The van der Waals surface area contributed by atoms with Gasteiger partial charge in [-0.25, -0.2) is 8.78 Å². The van der Waals surface area contributed by atoms with Crippen LogP contribution in [0.2, 0.25) is 0 Å². The monoisotopic (exact) mass is 282 g/mol. The third kappa shape index (κ3) is 4.53. The molecule has 1 unspecified atom stereocenters. The van der Waals surface area contributed by atoms with Crippen molar-refractivity contribution < 1.29 is 8.78 Å². The van der Waals surface area contributed by atoms with Crippen molar-refractivity contribution in [2.24, 2.45) is 5.92 Å². The highest BCUT2D eigenvalue weighted by molar-refractivity contribution is 5.18. The highest BCUT2D eigenvalue weighted by atomic mass is 19.1. The molecule has 1 heterocycles. The predicted molar refractivity (Wildman–Crippen MR) is 77.5 cm³/mol. The van der Waals surface area contributed by atoms with Crippen molar-refractivity contribution in [3.8, 4) is 0 Å². The third-order valence-electron chi connectivity index (χ3n) is 3.86. The summed E-state index contributed by atoms with van der Waals surface area (Å²) in [5, 5.41) is 3.41. The summed E-state index contributed by atoms with van der Waals surface area (Å²) in [5.74, 6) is -0.0571. The number of benzene rings is 1. The highest BCUT2D eigenvalue weighted by Gasteiger charge is 2.18.